The third-order valence-corrected chi connectivity index (χ3v) is 11.7. The molecule has 6 rings (SSSR count). The SMILES string of the molecule is Cc1cc(S(N)(=O)=O)ccc1N.Cc1cc(S(N)(=O)=O)ccc1NC(=O)COc1ccc(Cl)cc1C(=O)c1cc(F)cc(C(F)(F)F)c1.O=C(O)COc1ccc(Cl)cc1C(=O)c1cc(F)cc(C(F)(F)F)c1. The molecule has 15 nitrogen and oxygen atoms in total. The number of carboxylic acids is 1. The van der Waals surface area contributed by atoms with Crippen LogP contribution in [0.2, 0.25) is 10.0 Å². The van der Waals surface area contributed by atoms with Gasteiger partial charge in [-0.15, -0.1) is 0 Å². The van der Waals surface area contributed by atoms with E-state index < -0.39 is 103 Å². The number of halogens is 10. The van der Waals surface area contributed by atoms with Crippen LogP contribution in [0.15, 0.2) is 119 Å². The van der Waals surface area contributed by atoms with Crippen LogP contribution in [0.3, 0.4) is 0 Å². The Morgan fingerprint density at radius 3 is 1.38 bits per heavy atom. The molecule has 6 aromatic rings. The number of nitrogens with one attached hydrogen (secondary N) is 1. The molecule has 0 atom stereocenters. The summed E-state index contributed by atoms with van der Waals surface area (Å²) in [4.78, 5) is 48.3. The van der Waals surface area contributed by atoms with Gasteiger partial charge in [-0.25, -0.2) is 40.7 Å². The van der Waals surface area contributed by atoms with Gasteiger partial charge in [0.05, 0.1) is 32.0 Å². The van der Waals surface area contributed by atoms with E-state index in [4.69, 9.17) is 53.8 Å². The summed E-state index contributed by atoms with van der Waals surface area (Å²) in [6.07, 6.45) is -9.72. The number of anilines is 2. The van der Waals surface area contributed by atoms with Gasteiger partial charge in [-0.2, -0.15) is 26.3 Å². The van der Waals surface area contributed by atoms with Crippen molar-refractivity contribution >= 4 is 78.1 Å². The van der Waals surface area contributed by atoms with E-state index in [1.807, 2.05) is 0 Å². The Morgan fingerprint density at radius 1 is 0.589 bits per heavy atom. The van der Waals surface area contributed by atoms with E-state index in [1.165, 1.54) is 67.6 Å². The van der Waals surface area contributed by atoms with Crippen LogP contribution in [0.1, 0.15) is 54.1 Å². The summed E-state index contributed by atoms with van der Waals surface area (Å²) >= 11 is 11.7. The Bertz CT molecular complexity index is 3340. The Balaban J connectivity index is 0.000000268. The standard InChI is InChI=1S/C23H17ClF4N2O5S.C16H9ClF4O4.C7H10N2O2S/c1-12-6-17(36(29,33)34)3-4-19(12)30-21(31)11-35-20-5-2-15(24)10-18(20)22(32)13-7-14(23(26,27)28)9-16(25)8-13;17-10-1-2-13(25-7-14(22)23)12(6-10)15(24)8-3-9(16(19,20)21)5-11(18)4-8;1-5-4-6(12(9,10)11)2-3-7(5)8/h2-10H,11H2,1H3,(H,30,31)(H2,29,33,34);1-6H,7H2,(H,22,23);2-4H,8H2,1H3,(H2,9,10,11). The van der Waals surface area contributed by atoms with Crippen LogP contribution < -0.4 is 30.8 Å². The number of amides is 1. The monoisotopic (exact) mass is 1110 g/mol. The van der Waals surface area contributed by atoms with Gasteiger partial charge in [-0.05, 0) is 134 Å². The van der Waals surface area contributed by atoms with Crippen LogP contribution in [0.4, 0.5) is 46.5 Å². The van der Waals surface area contributed by atoms with E-state index in [0.29, 0.717) is 41.1 Å². The highest BCUT2D eigenvalue weighted by Gasteiger charge is 2.34. The fourth-order valence-corrected chi connectivity index (χ4v) is 7.48. The number of aryl methyl sites for hydroxylation is 2. The van der Waals surface area contributed by atoms with Crippen LogP contribution in [0.25, 0.3) is 0 Å². The number of carbonyl (C=O) groups excluding carboxylic acids is 3. The number of nitrogen functional groups attached to an aromatic ring is 1. The Hall–Kier alpha value is -7.16. The highest BCUT2D eigenvalue weighted by Crippen LogP contribution is 2.34. The molecule has 0 aliphatic carbocycles. The van der Waals surface area contributed by atoms with Crippen LogP contribution in [0.5, 0.6) is 11.5 Å². The van der Waals surface area contributed by atoms with Crippen molar-refractivity contribution in [2.45, 2.75) is 36.0 Å². The minimum absolute atomic E-state index is 0.0492. The number of hydrogen-bond acceptors (Lipinski definition) is 11. The van der Waals surface area contributed by atoms with Gasteiger partial charge in [0.1, 0.15) is 23.1 Å². The molecule has 0 spiro atoms. The summed E-state index contributed by atoms with van der Waals surface area (Å²) in [5.41, 5.74) is 3.01. The smallest absolute Gasteiger partial charge is 0.416 e. The second kappa shape index (κ2) is 23.6. The predicted molar refractivity (Wildman–Crippen MR) is 249 cm³/mol. The number of primary sulfonamides is 2. The lowest BCUT2D eigenvalue weighted by Crippen LogP contribution is -2.21. The van der Waals surface area contributed by atoms with Crippen molar-refractivity contribution in [1.29, 1.82) is 0 Å². The third-order valence-electron chi connectivity index (χ3n) is 9.43. The van der Waals surface area contributed by atoms with Crippen molar-refractivity contribution in [2.24, 2.45) is 10.3 Å². The molecule has 8 N–H and O–H groups in total. The van der Waals surface area contributed by atoms with Gasteiger partial charge in [0.15, 0.2) is 24.8 Å². The van der Waals surface area contributed by atoms with E-state index in [9.17, 15) is 71.1 Å². The van der Waals surface area contributed by atoms with Gasteiger partial charge in [-0.3, -0.25) is 14.4 Å². The molecular weight excluding hydrogens is 1070 g/mol. The first-order chi connectivity index (χ1) is 33.6. The van der Waals surface area contributed by atoms with Gasteiger partial charge < -0.3 is 25.6 Å². The number of nitrogens with two attached hydrogens (primary N) is 3. The molecule has 0 unspecified atom stereocenters. The first kappa shape index (κ1) is 58.4. The first-order valence-electron chi connectivity index (χ1n) is 19.9. The zero-order valence-corrected chi connectivity index (χ0v) is 40.3. The largest absolute Gasteiger partial charge is 0.483 e. The van der Waals surface area contributed by atoms with Crippen LogP contribution in [-0.2, 0) is 42.0 Å². The second-order valence-electron chi connectivity index (χ2n) is 15.0. The van der Waals surface area contributed by atoms with Crippen molar-refractivity contribution in [2.75, 3.05) is 24.3 Å². The predicted octanol–water partition coefficient (Wildman–Crippen LogP) is 9.12. The van der Waals surface area contributed by atoms with Gasteiger partial charge in [0.2, 0.25) is 20.0 Å². The van der Waals surface area contributed by atoms with Crippen LogP contribution in [-0.4, -0.2) is 58.6 Å². The molecule has 0 bridgehead atoms. The van der Waals surface area contributed by atoms with Crippen molar-refractivity contribution in [1.82, 2.24) is 0 Å². The van der Waals surface area contributed by atoms with Gasteiger partial charge in [-0.1, -0.05) is 23.2 Å². The number of carbonyl (C=O) groups is 4. The average molecular weight is 1110 g/mol. The highest BCUT2D eigenvalue weighted by molar-refractivity contribution is 7.89. The van der Waals surface area contributed by atoms with Crippen molar-refractivity contribution < 1.29 is 85.7 Å². The minimum Gasteiger partial charge on any atom is -0.483 e. The van der Waals surface area contributed by atoms with Crippen molar-refractivity contribution in [3.63, 3.8) is 0 Å². The molecule has 6 aromatic carbocycles. The molecule has 73 heavy (non-hydrogen) atoms. The summed E-state index contributed by atoms with van der Waals surface area (Å²) in [6, 6.07) is 18.2. The number of rotatable bonds is 13. The first-order valence-corrected chi connectivity index (χ1v) is 23.7. The van der Waals surface area contributed by atoms with Crippen LogP contribution >= 0.6 is 23.2 Å². The van der Waals surface area contributed by atoms with Crippen LogP contribution in [0, 0.1) is 25.5 Å². The van der Waals surface area contributed by atoms with E-state index >= 15 is 0 Å². The normalized spacial score (nSPS) is 11.5. The Labute approximate surface area is 419 Å². The average Bonchev–Trinajstić information content (AvgIpc) is 3.28. The highest BCUT2D eigenvalue weighted by atomic mass is 35.5. The molecule has 0 fully saturated rings. The summed E-state index contributed by atoms with van der Waals surface area (Å²) < 4.78 is 160. The number of ether oxygens (including phenoxy) is 2. The Kier molecular flexibility index (Phi) is 18.9. The van der Waals surface area contributed by atoms with E-state index in [1.54, 1.807) is 6.92 Å². The quantitative estimate of drug-likeness (QED) is 0.0412. The molecule has 0 saturated heterocycles. The number of carboxylic acid groups (broad SMARTS) is 1. The molecule has 0 saturated carbocycles. The zero-order valence-electron chi connectivity index (χ0n) is 37.2. The van der Waals surface area contributed by atoms with Crippen molar-refractivity contribution in [3.05, 3.63) is 175 Å². The van der Waals surface area contributed by atoms with E-state index in [2.05, 4.69) is 5.32 Å². The maximum Gasteiger partial charge on any atom is 0.416 e. The van der Waals surface area contributed by atoms with Crippen molar-refractivity contribution in [3.8, 4) is 11.5 Å². The number of alkyl halides is 6. The number of hydrogen-bond donors (Lipinski definition) is 5. The number of sulfonamides is 2. The summed E-state index contributed by atoms with van der Waals surface area (Å²) in [5.74, 6) is -6.90. The molecule has 0 aliphatic heterocycles. The Morgan fingerprint density at radius 2 is 1.00 bits per heavy atom. The minimum atomic E-state index is -4.88. The molecule has 0 heterocycles. The maximum absolute atomic E-state index is 13.8. The van der Waals surface area contributed by atoms with Gasteiger partial charge in [0.25, 0.3) is 5.91 Å². The molecule has 388 valence electrons. The summed E-state index contributed by atoms with van der Waals surface area (Å²) in [5, 5.41) is 21.2. The fraction of sp³-hybridized carbons (Fsp3) is 0.130. The zero-order chi connectivity index (χ0) is 55.0. The third kappa shape index (κ3) is 17.0. The molecule has 0 aromatic heterocycles. The number of benzene rings is 6. The van der Waals surface area contributed by atoms with Gasteiger partial charge >= 0.3 is 18.3 Å². The van der Waals surface area contributed by atoms with E-state index in [0.717, 1.165) is 12.1 Å². The molecule has 0 radical (unpaired) electrons. The number of ketones is 2. The fourth-order valence-electron chi connectivity index (χ4n) is 5.94. The maximum atomic E-state index is 13.8. The van der Waals surface area contributed by atoms with Gasteiger partial charge in [0, 0.05) is 32.5 Å². The lowest BCUT2D eigenvalue weighted by atomic mass is 10.00. The summed E-state index contributed by atoms with van der Waals surface area (Å²) in [7, 11) is -7.53. The molecule has 1 amide bonds. The number of aliphatic carboxylic acids is 1. The topological polar surface area (TPSA) is 265 Å². The molecular formula is C46H36Cl2F8N4O11S2. The lowest BCUT2D eigenvalue weighted by molar-refractivity contribution is -0.139. The summed E-state index contributed by atoms with van der Waals surface area (Å²) in [6.45, 7) is 1.85. The lowest BCUT2D eigenvalue weighted by Gasteiger charge is -2.14. The second-order valence-corrected chi connectivity index (χ2v) is 19.0. The molecule has 27 heteroatoms. The van der Waals surface area contributed by atoms with E-state index in [-0.39, 0.29) is 60.3 Å². The molecule has 0 aliphatic rings.